The van der Waals surface area contributed by atoms with E-state index in [1.807, 2.05) is 0 Å². The summed E-state index contributed by atoms with van der Waals surface area (Å²) in [6.45, 7) is 0.873. The summed E-state index contributed by atoms with van der Waals surface area (Å²) in [7, 11) is 0. The minimum atomic E-state index is -0.556. The molecule has 1 aromatic rings. The van der Waals surface area contributed by atoms with Crippen LogP contribution in [0.25, 0.3) is 0 Å². The molecule has 1 atom stereocenters. The van der Waals surface area contributed by atoms with E-state index in [0.29, 0.717) is 25.2 Å². The SMILES string of the molecule is NCC1CC(=O)N(c2cccc([N+](=O)[O-])c2N)C1. The molecule has 1 amide bonds. The molecule has 1 aromatic carbocycles. The molecule has 4 N–H and O–H groups in total. The van der Waals surface area contributed by atoms with Crippen LogP contribution >= 0.6 is 0 Å². The first kappa shape index (κ1) is 12.3. The number of carbonyl (C=O) groups is 1. The van der Waals surface area contributed by atoms with Crippen LogP contribution < -0.4 is 16.4 Å². The molecule has 7 nitrogen and oxygen atoms in total. The predicted octanol–water partition coefficient (Wildman–Crippen LogP) is 0.489. The van der Waals surface area contributed by atoms with Gasteiger partial charge in [-0.25, -0.2) is 0 Å². The highest BCUT2D eigenvalue weighted by molar-refractivity contribution is 5.99. The van der Waals surface area contributed by atoms with Crippen LogP contribution in [0, 0.1) is 16.0 Å². The number of nitro groups is 1. The van der Waals surface area contributed by atoms with E-state index in [9.17, 15) is 14.9 Å². The summed E-state index contributed by atoms with van der Waals surface area (Å²) in [6, 6.07) is 4.45. The quantitative estimate of drug-likeness (QED) is 0.460. The van der Waals surface area contributed by atoms with Gasteiger partial charge in [-0.1, -0.05) is 6.07 Å². The van der Waals surface area contributed by atoms with Crippen LogP contribution in [0.5, 0.6) is 0 Å². The Morgan fingerprint density at radius 2 is 2.22 bits per heavy atom. The van der Waals surface area contributed by atoms with Crippen LogP contribution in [0.15, 0.2) is 18.2 Å². The number of nitrogens with two attached hydrogens (primary N) is 2. The predicted molar refractivity (Wildman–Crippen MR) is 67.0 cm³/mol. The molecule has 7 heteroatoms. The lowest BCUT2D eigenvalue weighted by atomic mass is 10.1. The molecule has 1 aliphatic heterocycles. The van der Waals surface area contributed by atoms with Crippen molar-refractivity contribution >= 4 is 23.0 Å². The molecule has 0 aromatic heterocycles. The number of benzene rings is 1. The van der Waals surface area contributed by atoms with Gasteiger partial charge in [0.05, 0.1) is 10.6 Å². The van der Waals surface area contributed by atoms with E-state index >= 15 is 0 Å². The van der Waals surface area contributed by atoms with Crippen molar-refractivity contribution < 1.29 is 9.72 Å². The van der Waals surface area contributed by atoms with Crippen molar-refractivity contribution in [1.82, 2.24) is 0 Å². The standard InChI is InChI=1S/C11H14N4O3/c12-5-7-4-10(16)14(6-7)8-2-1-3-9(11(8)13)15(17)18/h1-3,7H,4-6,12-13H2. The van der Waals surface area contributed by atoms with E-state index in [1.54, 1.807) is 6.07 Å². The second-order valence-corrected chi connectivity index (χ2v) is 4.28. The summed E-state index contributed by atoms with van der Waals surface area (Å²) in [6.07, 6.45) is 0.360. The second-order valence-electron chi connectivity index (χ2n) is 4.28. The van der Waals surface area contributed by atoms with Gasteiger partial charge in [-0.15, -0.1) is 0 Å². The molecule has 18 heavy (non-hydrogen) atoms. The molecular weight excluding hydrogens is 236 g/mol. The summed E-state index contributed by atoms with van der Waals surface area (Å²) < 4.78 is 0. The molecule has 0 aliphatic carbocycles. The summed E-state index contributed by atoms with van der Waals surface area (Å²) in [5, 5.41) is 10.8. The summed E-state index contributed by atoms with van der Waals surface area (Å²) >= 11 is 0. The minimum absolute atomic E-state index is 0.0218. The fourth-order valence-electron chi connectivity index (χ4n) is 2.11. The molecule has 0 spiro atoms. The maximum absolute atomic E-state index is 11.8. The highest BCUT2D eigenvalue weighted by Gasteiger charge is 2.32. The Balaban J connectivity index is 2.37. The van der Waals surface area contributed by atoms with Gasteiger partial charge < -0.3 is 16.4 Å². The first-order chi connectivity index (χ1) is 8.54. The maximum Gasteiger partial charge on any atom is 0.294 e. The molecule has 0 radical (unpaired) electrons. The number of anilines is 2. The van der Waals surface area contributed by atoms with Crippen LogP contribution in [0.4, 0.5) is 17.1 Å². The molecule has 1 unspecified atom stereocenters. The van der Waals surface area contributed by atoms with Gasteiger partial charge in [-0.2, -0.15) is 0 Å². The lowest BCUT2D eigenvalue weighted by Crippen LogP contribution is -2.26. The van der Waals surface area contributed by atoms with Crippen molar-refractivity contribution in [3.63, 3.8) is 0 Å². The summed E-state index contributed by atoms with van der Waals surface area (Å²) in [4.78, 5) is 23.5. The Hall–Kier alpha value is -2.15. The van der Waals surface area contributed by atoms with E-state index in [4.69, 9.17) is 11.5 Å². The van der Waals surface area contributed by atoms with Gasteiger partial charge in [-0.3, -0.25) is 14.9 Å². The zero-order valence-electron chi connectivity index (χ0n) is 9.70. The topological polar surface area (TPSA) is 115 Å². The fourth-order valence-corrected chi connectivity index (χ4v) is 2.11. The van der Waals surface area contributed by atoms with E-state index in [1.165, 1.54) is 17.0 Å². The zero-order valence-corrected chi connectivity index (χ0v) is 9.70. The largest absolute Gasteiger partial charge is 0.391 e. The number of nitrogens with zero attached hydrogens (tertiary/aromatic N) is 2. The molecule has 1 aliphatic rings. The first-order valence-electron chi connectivity index (χ1n) is 5.58. The number of carbonyl (C=O) groups excluding carboxylic acids is 1. The van der Waals surface area contributed by atoms with Crippen molar-refractivity contribution in [3.05, 3.63) is 28.3 Å². The normalized spacial score (nSPS) is 19.3. The van der Waals surface area contributed by atoms with Gasteiger partial charge in [0, 0.05) is 19.0 Å². The van der Waals surface area contributed by atoms with Crippen LogP contribution in [0.1, 0.15) is 6.42 Å². The van der Waals surface area contributed by atoms with Crippen molar-refractivity contribution in [2.75, 3.05) is 23.7 Å². The van der Waals surface area contributed by atoms with Crippen LogP contribution in [0.2, 0.25) is 0 Å². The van der Waals surface area contributed by atoms with Gasteiger partial charge in [-0.05, 0) is 18.5 Å². The van der Waals surface area contributed by atoms with Gasteiger partial charge in [0.1, 0.15) is 5.69 Å². The second kappa shape index (κ2) is 4.61. The van der Waals surface area contributed by atoms with Gasteiger partial charge in [0.2, 0.25) is 5.91 Å². The summed E-state index contributed by atoms with van der Waals surface area (Å²) in [5.74, 6) is -0.0196. The summed E-state index contributed by atoms with van der Waals surface area (Å²) in [5.41, 5.74) is 11.5. The van der Waals surface area contributed by atoms with Crippen molar-refractivity contribution in [1.29, 1.82) is 0 Å². The zero-order chi connectivity index (χ0) is 13.3. The molecule has 1 fully saturated rings. The number of nitro benzene ring substituents is 1. The Labute approximate surface area is 104 Å². The number of nitrogen functional groups attached to an aromatic ring is 1. The maximum atomic E-state index is 11.8. The number of amides is 1. The Morgan fingerprint density at radius 1 is 1.50 bits per heavy atom. The van der Waals surface area contributed by atoms with Gasteiger partial charge >= 0.3 is 0 Å². The Bertz CT molecular complexity index is 503. The van der Waals surface area contributed by atoms with Gasteiger partial charge in [0.15, 0.2) is 0 Å². The third-order valence-electron chi connectivity index (χ3n) is 3.09. The van der Waals surface area contributed by atoms with E-state index in [2.05, 4.69) is 0 Å². The van der Waals surface area contributed by atoms with Crippen molar-refractivity contribution in [3.8, 4) is 0 Å². The van der Waals surface area contributed by atoms with Crippen LogP contribution in [-0.4, -0.2) is 23.9 Å². The first-order valence-corrected chi connectivity index (χ1v) is 5.58. The molecule has 1 saturated heterocycles. The van der Waals surface area contributed by atoms with Crippen LogP contribution in [0.3, 0.4) is 0 Å². The number of rotatable bonds is 3. The molecular formula is C11H14N4O3. The number of para-hydroxylation sites is 1. The van der Waals surface area contributed by atoms with E-state index in [0.717, 1.165) is 0 Å². The molecule has 0 bridgehead atoms. The lowest BCUT2D eigenvalue weighted by Gasteiger charge is -2.18. The highest BCUT2D eigenvalue weighted by atomic mass is 16.6. The third-order valence-corrected chi connectivity index (χ3v) is 3.09. The van der Waals surface area contributed by atoms with Crippen molar-refractivity contribution in [2.24, 2.45) is 11.7 Å². The molecule has 1 heterocycles. The smallest absolute Gasteiger partial charge is 0.294 e. The monoisotopic (exact) mass is 250 g/mol. The number of hydrogen-bond donors (Lipinski definition) is 2. The van der Waals surface area contributed by atoms with Gasteiger partial charge in [0.25, 0.3) is 5.69 Å². The number of hydrogen-bond acceptors (Lipinski definition) is 5. The van der Waals surface area contributed by atoms with E-state index in [-0.39, 0.29) is 23.2 Å². The lowest BCUT2D eigenvalue weighted by molar-refractivity contribution is -0.383. The highest BCUT2D eigenvalue weighted by Crippen LogP contribution is 2.34. The molecule has 96 valence electrons. The Kier molecular flexibility index (Phi) is 3.15. The Morgan fingerprint density at radius 3 is 2.78 bits per heavy atom. The molecule has 2 rings (SSSR count). The van der Waals surface area contributed by atoms with Crippen molar-refractivity contribution in [2.45, 2.75) is 6.42 Å². The van der Waals surface area contributed by atoms with E-state index < -0.39 is 4.92 Å². The average molecular weight is 250 g/mol. The fraction of sp³-hybridized carbons (Fsp3) is 0.364. The minimum Gasteiger partial charge on any atom is -0.391 e. The average Bonchev–Trinajstić information content (AvgIpc) is 2.70. The third kappa shape index (κ3) is 2.00. The van der Waals surface area contributed by atoms with Crippen LogP contribution in [-0.2, 0) is 4.79 Å². The molecule has 0 saturated carbocycles.